The van der Waals surface area contributed by atoms with E-state index in [1.807, 2.05) is 42.5 Å². The van der Waals surface area contributed by atoms with Crippen LogP contribution >= 0.6 is 0 Å². The largest absolute Gasteiger partial charge is 0.483 e. The number of fused-ring (bicyclic) bond motifs is 1. The Kier molecular flexibility index (Phi) is 5.83. The molecule has 1 heterocycles. The molecule has 2 N–H and O–H groups in total. The van der Waals surface area contributed by atoms with Gasteiger partial charge in [0.1, 0.15) is 17.3 Å². The minimum Gasteiger partial charge on any atom is -0.483 e. The molecule has 0 bridgehead atoms. The van der Waals surface area contributed by atoms with Crippen molar-refractivity contribution in [1.82, 2.24) is 5.32 Å². The van der Waals surface area contributed by atoms with E-state index in [2.05, 4.69) is 34.6 Å². The number of rotatable bonds is 3. The van der Waals surface area contributed by atoms with Crippen molar-refractivity contribution in [2.75, 3.05) is 13.1 Å². The van der Waals surface area contributed by atoms with Crippen molar-refractivity contribution in [2.24, 2.45) is 4.99 Å². The van der Waals surface area contributed by atoms with E-state index in [0.717, 1.165) is 42.4 Å². The van der Waals surface area contributed by atoms with Crippen molar-refractivity contribution in [2.45, 2.75) is 6.42 Å². The number of amidine groups is 1. The van der Waals surface area contributed by atoms with Crippen molar-refractivity contribution in [1.29, 1.82) is 0 Å². The van der Waals surface area contributed by atoms with Crippen LogP contribution in [0.1, 0.15) is 12.0 Å². The molecule has 3 aromatic carbocycles. The van der Waals surface area contributed by atoms with Gasteiger partial charge in [0.2, 0.25) is 0 Å². The van der Waals surface area contributed by atoms with Crippen molar-refractivity contribution >= 4 is 23.1 Å². The molecule has 0 spiro atoms. The highest BCUT2D eigenvalue weighted by atomic mass is 16.5. The number of nitrogens with one attached hydrogen (secondary N) is 1. The summed E-state index contributed by atoms with van der Waals surface area (Å²) < 4.78 is 6.15. The van der Waals surface area contributed by atoms with Gasteiger partial charge in [0.25, 0.3) is 6.47 Å². The molecule has 26 heavy (non-hydrogen) atoms. The van der Waals surface area contributed by atoms with E-state index in [4.69, 9.17) is 14.6 Å². The van der Waals surface area contributed by atoms with Gasteiger partial charge < -0.3 is 15.2 Å². The Morgan fingerprint density at radius 2 is 1.73 bits per heavy atom. The lowest BCUT2D eigenvalue weighted by atomic mass is 10.1. The molecule has 0 radical (unpaired) electrons. The molecule has 0 aliphatic carbocycles. The van der Waals surface area contributed by atoms with Crippen molar-refractivity contribution in [3.63, 3.8) is 0 Å². The number of carbonyl (C=O) groups is 1. The standard InChI is InChI=1S/C20H18N2O.CH2O2/c1-2-7-16-14-17(11-10-15(16)6-1)23-19-9-4-3-8-18(19)20-21-12-5-13-22-20;2-1-3/h1-4,6-11,14H,5,12-13H2,(H,21,22);1H,(H,2,3). The molecule has 5 nitrogen and oxygen atoms in total. The Labute approximate surface area is 152 Å². The highest BCUT2D eigenvalue weighted by molar-refractivity contribution is 6.01. The zero-order chi connectivity index (χ0) is 18.2. The third kappa shape index (κ3) is 4.19. The van der Waals surface area contributed by atoms with Crippen molar-refractivity contribution in [3.05, 3.63) is 72.3 Å². The van der Waals surface area contributed by atoms with Gasteiger partial charge in [0, 0.05) is 13.1 Å². The summed E-state index contributed by atoms with van der Waals surface area (Å²) in [5, 5.41) is 12.6. The molecule has 0 amide bonds. The topological polar surface area (TPSA) is 70.9 Å². The maximum Gasteiger partial charge on any atom is 0.290 e. The van der Waals surface area contributed by atoms with Crippen LogP contribution in [0.3, 0.4) is 0 Å². The normalized spacial score (nSPS) is 13.0. The smallest absolute Gasteiger partial charge is 0.290 e. The first kappa shape index (κ1) is 17.5. The SMILES string of the molecule is O=CO.c1ccc(C2=NCCCN2)c(Oc2ccc3ccccc3c2)c1. The van der Waals surface area contributed by atoms with Gasteiger partial charge in [-0.3, -0.25) is 9.79 Å². The first-order valence-corrected chi connectivity index (χ1v) is 8.44. The number of hydrogen-bond acceptors (Lipinski definition) is 4. The lowest BCUT2D eigenvalue weighted by Gasteiger charge is -2.17. The zero-order valence-corrected chi connectivity index (χ0v) is 14.3. The summed E-state index contributed by atoms with van der Waals surface area (Å²) >= 11 is 0. The molecule has 4 rings (SSSR count). The molecule has 1 aliphatic rings. The number of para-hydroxylation sites is 1. The van der Waals surface area contributed by atoms with Crippen LogP contribution in [0.25, 0.3) is 10.8 Å². The van der Waals surface area contributed by atoms with Crippen LogP contribution in [-0.2, 0) is 4.79 Å². The van der Waals surface area contributed by atoms with E-state index >= 15 is 0 Å². The molecular formula is C21H20N2O3. The molecule has 132 valence electrons. The summed E-state index contributed by atoms with van der Waals surface area (Å²) in [5.41, 5.74) is 1.01. The van der Waals surface area contributed by atoms with Crippen LogP contribution < -0.4 is 10.1 Å². The van der Waals surface area contributed by atoms with Gasteiger partial charge in [-0.05, 0) is 41.5 Å². The van der Waals surface area contributed by atoms with Gasteiger partial charge in [-0.1, -0.05) is 42.5 Å². The van der Waals surface area contributed by atoms with Gasteiger partial charge >= 0.3 is 0 Å². The fraction of sp³-hybridized carbons (Fsp3) is 0.143. The van der Waals surface area contributed by atoms with E-state index in [0.29, 0.717) is 0 Å². The van der Waals surface area contributed by atoms with Crippen LogP contribution in [0.15, 0.2) is 71.7 Å². The quantitative estimate of drug-likeness (QED) is 0.700. The summed E-state index contributed by atoms with van der Waals surface area (Å²) in [6.45, 7) is 1.58. The average molecular weight is 348 g/mol. The van der Waals surface area contributed by atoms with Crippen LogP contribution in [0, 0.1) is 0 Å². The zero-order valence-electron chi connectivity index (χ0n) is 14.3. The van der Waals surface area contributed by atoms with E-state index < -0.39 is 0 Å². The molecule has 0 atom stereocenters. The summed E-state index contributed by atoms with van der Waals surface area (Å²) in [6.07, 6.45) is 1.08. The number of aliphatic imine (C=N–C) groups is 1. The second-order valence-corrected chi connectivity index (χ2v) is 5.72. The molecule has 0 aromatic heterocycles. The average Bonchev–Trinajstić information content (AvgIpc) is 2.70. The number of benzene rings is 3. The molecule has 0 saturated carbocycles. The summed E-state index contributed by atoms with van der Waals surface area (Å²) in [7, 11) is 0. The van der Waals surface area contributed by atoms with E-state index in [1.165, 1.54) is 10.8 Å². The van der Waals surface area contributed by atoms with Gasteiger partial charge in [0.15, 0.2) is 0 Å². The highest BCUT2D eigenvalue weighted by Crippen LogP contribution is 2.28. The number of hydrogen-bond donors (Lipinski definition) is 2. The first-order chi connectivity index (χ1) is 12.8. The van der Waals surface area contributed by atoms with Gasteiger partial charge in [-0.15, -0.1) is 0 Å². The maximum atomic E-state index is 8.36. The van der Waals surface area contributed by atoms with Gasteiger partial charge in [-0.2, -0.15) is 0 Å². The molecule has 0 unspecified atom stereocenters. The fourth-order valence-electron chi connectivity index (χ4n) is 2.82. The lowest BCUT2D eigenvalue weighted by molar-refractivity contribution is -0.122. The second kappa shape index (κ2) is 8.67. The monoisotopic (exact) mass is 348 g/mol. The Morgan fingerprint density at radius 3 is 2.50 bits per heavy atom. The number of ether oxygens (including phenoxy) is 1. The first-order valence-electron chi connectivity index (χ1n) is 8.44. The second-order valence-electron chi connectivity index (χ2n) is 5.72. The summed E-state index contributed by atoms with van der Waals surface area (Å²) in [5.74, 6) is 2.59. The van der Waals surface area contributed by atoms with Crippen LogP contribution in [0.5, 0.6) is 11.5 Å². The lowest BCUT2D eigenvalue weighted by Crippen LogP contribution is -2.30. The van der Waals surface area contributed by atoms with E-state index in [1.54, 1.807) is 0 Å². The summed E-state index contributed by atoms with van der Waals surface area (Å²) in [6, 6.07) is 22.5. The minimum absolute atomic E-state index is 0.250. The van der Waals surface area contributed by atoms with Gasteiger partial charge in [0.05, 0.1) is 5.56 Å². The highest BCUT2D eigenvalue weighted by Gasteiger charge is 2.13. The van der Waals surface area contributed by atoms with Gasteiger partial charge in [-0.25, -0.2) is 0 Å². The number of carboxylic acid groups (broad SMARTS) is 1. The molecule has 5 heteroatoms. The Morgan fingerprint density at radius 1 is 1.00 bits per heavy atom. The maximum absolute atomic E-state index is 8.36. The van der Waals surface area contributed by atoms with Crippen LogP contribution in [0.4, 0.5) is 0 Å². The third-order valence-electron chi connectivity index (χ3n) is 3.99. The van der Waals surface area contributed by atoms with E-state index in [-0.39, 0.29) is 6.47 Å². The molecule has 0 fully saturated rings. The molecular weight excluding hydrogens is 328 g/mol. The van der Waals surface area contributed by atoms with Crippen molar-refractivity contribution < 1.29 is 14.6 Å². The van der Waals surface area contributed by atoms with Crippen LogP contribution in [-0.4, -0.2) is 30.5 Å². The Hall–Kier alpha value is -3.34. The number of nitrogens with zero attached hydrogens (tertiary/aromatic N) is 1. The molecule has 1 aliphatic heterocycles. The fourth-order valence-corrected chi connectivity index (χ4v) is 2.82. The van der Waals surface area contributed by atoms with E-state index in [9.17, 15) is 0 Å². The molecule has 0 saturated heterocycles. The Bertz CT molecular complexity index is 922. The molecule has 3 aromatic rings. The third-order valence-corrected chi connectivity index (χ3v) is 3.99. The Balaban J connectivity index is 0.000000613. The predicted molar refractivity (Wildman–Crippen MR) is 103 cm³/mol. The summed E-state index contributed by atoms with van der Waals surface area (Å²) in [4.78, 5) is 12.9. The van der Waals surface area contributed by atoms with Crippen LogP contribution in [0.2, 0.25) is 0 Å². The predicted octanol–water partition coefficient (Wildman–Crippen LogP) is 4.07. The van der Waals surface area contributed by atoms with Crippen molar-refractivity contribution in [3.8, 4) is 11.5 Å². The minimum atomic E-state index is -0.250.